The van der Waals surface area contributed by atoms with Gasteiger partial charge in [0, 0.05) is 40.7 Å². The average Bonchev–Trinajstić information content (AvgIpc) is 3.46. The summed E-state index contributed by atoms with van der Waals surface area (Å²) in [5.74, 6) is -0.244. The second kappa shape index (κ2) is 10.8. The maximum absolute atomic E-state index is 13.8. The Morgan fingerprint density at radius 2 is 1.85 bits per heavy atom. The molecule has 9 nitrogen and oxygen atoms in total. The predicted molar refractivity (Wildman–Crippen MR) is 171 cm³/mol. The molecule has 0 spiro atoms. The van der Waals surface area contributed by atoms with Gasteiger partial charge in [0.25, 0.3) is 5.91 Å². The maximum Gasteiger partial charge on any atom is 0.387 e. The second-order valence-corrected chi connectivity index (χ2v) is 14.9. The number of aromatic nitrogens is 3. The van der Waals surface area contributed by atoms with Gasteiger partial charge in [-0.25, -0.2) is 4.98 Å². The van der Waals surface area contributed by atoms with E-state index in [1.165, 1.54) is 18.2 Å². The molecule has 46 heavy (non-hydrogen) atoms. The first-order chi connectivity index (χ1) is 21.7. The number of fused-ring (bicyclic) bond motifs is 9. The number of nitrogens with one attached hydrogen (secondary N) is 1. The van der Waals surface area contributed by atoms with Gasteiger partial charge in [-0.3, -0.25) is 9.78 Å². The largest absolute Gasteiger partial charge is 0.598 e. The van der Waals surface area contributed by atoms with Crippen LogP contribution in [0.4, 0.5) is 8.78 Å². The van der Waals surface area contributed by atoms with Crippen LogP contribution in [0.5, 0.6) is 5.75 Å². The van der Waals surface area contributed by atoms with E-state index in [0.717, 1.165) is 21.7 Å². The van der Waals surface area contributed by atoms with E-state index in [1.54, 1.807) is 6.20 Å². The van der Waals surface area contributed by atoms with E-state index in [2.05, 4.69) is 4.72 Å². The Morgan fingerprint density at radius 3 is 2.46 bits per heavy atom. The van der Waals surface area contributed by atoms with E-state index in [9.17, 15) is 18.1 Å². The van der Waals surface area contributed by atoms with Crippen LogP contribution in [0, 0.1) is 0 Å². The van der Waals surface area contributed by atoms with Crippen LogP contribution in [-0.4, -0.2) is 83.2 Å². The van der Waals surface area contributed by atoms with Crippen molar-refractivity contribution >= 4 is 51.8 Å². The maximum atomic E-state index is 13.8. The third kappa shape index (κ3) is 5.03. The molecule has 230 valence electrons. The van der Waals surface area contributed by atoms with Crippen molar-refractivity contribution in [3.8, 4) is 16.9 Å². The molecule has 2 aromatic heterocycles. The molecule has 3 atom stereocenters. The van der Waals surface area contributed by atoms with Gasteiger partial charge in [-0.1, -0.05) is 23.4 Å². The fourth-order valence-electron chi connectivity index (χ4n) is 6.48. The first kappa shape index (κ1) is 31.2. The van der Waals surface area contributed by atoms with Crippen molar-refractivity contribution in [2.75, 3.05) is 13.2 Å². The van der Waals surface area contributed by atoms with Crippen LogP contribution < -0.4 is 9.46 Å². The number of rotatable bonds is 7. The van der Waals surface area contributed by atoms with Crippen LogP contribution in [-0.2, 0) is 21.6 Å². The highest BCUT2D eigenvalue weighted by Crippen LogP contribution is 2.51. The van der Waals surface area contributed by atoms with Gasteiger partial charge in [0.1, 0.15) is 16.3 Å². The molecule has 3 aliphatic heterocycles. The zero-order chi connectivity index (χ0) is 32.8. The van der Waals surface area contributed by atoms with Crippen molar-refractivity contribution in [1.29, 1.82) is 0 Å². The summed E-state index contributed by atoms with van der Waals surface area (Å²) in [5.41, 5.74) is 3.45. The highest BCUT2D eigenvalue weighted by atomic mass is 32.2. The topological polar surface area (TPSA) is 105 Å². The number of nitrogens with zero attached hydrogens (tertiary/aromatic N) is 4. The number of carbonyl (C=O) groups excluding carboxylic acids is 1. The summed E-state index contributed by atoms with van der Waals surface area (Å²) in [6, 6.07) is 12.6. The summed E-state index contributed by atoms with van der Waals surface area (Å²) in [6.07, 6.45) is 2.00. The minimum Gasteiger partial charge on any atom is -0.598 e. The molecule has 0 saturated carbocycles. The number of halogens is 2. The number of amides is 1. The van der Waals surface area contributed by atoms with Gasteiger partial charge < -0.3 is 23.5 Å². The van der Waals surface area contributed by atoms with Gasteiger partial charge in [-0.2, -0.15) is 8.78 Å². The van der Waals surface area contributed by atoms with Crippen LogP contribution in [0.25, 0.3) is 22.2 Å². The number of imidazole rings is 1. The molecular formula is C31H28B3F2N5O4S. The lowest BCUT2D eigenvalue weighted by Crippen LogP contribution is -2.62. The molecule has 1 saturated heterocycles. The lowest BCUT2D eigenvalue weighted by molar-refractivity contribution is -0.0688. The molecule has 0 aliphatic carbocycles. The van der Waals surface area contributed by atoms with Gasteiger partial charge in [0.15, 0.2) is 5.54 Å². The van der Waals surface area contributed by atoms with Crippen molar-refractivity contribution in [3.63, 3.8) is 0 Å². The Hall–Kier alpha value is -3.39. The molecule has 2 aromatic carbocycles. The van der Waals surface area contributed by atoms with Crippen LogP contribution >= 0.6 is 0 Å². The number of hydrogen-bond donors (Lipinski definition) is 1. The highest BCUT2D eigenvalue weighted by Gasteiger charge is 2.49. The molecule has 15 heteroatoms. The number of pyridine rings is 1. The zero-order valence-corrected chi connectivity index (χ0v) is 26.2. The molecule has 1 N–H and O–H groups in total. The van der Waals surface area contributed by atoms with Crippen molar-refractivity contribution in [1.82, 2.24) is 24.2 Å². The fraction of sp³-hybridized carbons (Fsp3) is 0.387. The first-order valence-corrected chi connectivity index (χ1v) is 15.9. The van der Waals surface area contributed by atoms with Gasteiger partial charge >= 0.3 is 6.61 Å². The molecule has 4 aromatic rings. The summed E-state index contributed by atoms with van der Waals surface area (Å²) in [5, 5.41) is -2.06. The highest BCUT2D eigenvalue weighted by molar-refractivity contribution is 7.90. The van der Waals surface area contributed by atoms with Crippen LogP contribution in [0.3, 0.4) is 0 Å². The van der Waals surface area contributed by atoms with Crippen LogP contribution in [0.15, 0.2) is 54.7 Å². The van der Waals surface area contributed by atoms with E-state index in [-0.39, 0.29) is 23.3 Å². The van der Waals surface area contributed by atoms with Crippen molar-refractivity contribution in [2.24, 2.45) is 0 Å². The summed E-state index contributed by atoms with van der Waals surface area (Å²) in [7, 11) is 18.4. The quantitative estimate of drug-likeness (QED) is 0.244. The fourth-order valence-corrected chi connectivity index (χ4v) is 7.36. The normalized spacial score (nSPS) is 21.1. The molecule has 3 aliphatic rings. The predicted octanol–water partition coefficient (Wildman–Crippen LogP) is 3.58. The standard InChI is InChI=1S/C31H28B3F2N5O4S/c1-29(2,3)46(43)39-30(14-44-15-30)24-10-8-17(13-37-24)16-7-9-19-20(11-16)40-21-12-22(26(40)38-19)41(31(32,33)34)27(42)18-5-4-6-23(25(18)21)45-28(35)36/h4-11,13,21-22,28,39H,12,14-15H2,1-3H3/t21-,22-,46?/m1/s1. The van der Waals surface area contributed by atoms with E-state index in [1.807, 2.05) is 55.7 Å². The molecule has 1 fully saturated rings. The van der Waals surface area contributed by atoms with Crippen LogP contribution in [0.1, 0.15) is 66.7 Å². The smallest absolute Gasteiger partial charge is 0.387 e. The monoisotopic (exact) mass is 637 g/mol. The molecular weight excluding hydrogens is 609 g/mol. The van der Waals surface area contributed by atoms with Gasteiger partial charge in [-0.05, 0) is 56.7 Å². The van der Waals surface area contributed by atoms with Crippen molar-refractivity contribution in [3.05, 3.63) is 77.4 Å². The minimum atomic E-state index is -3.11. The number of alkyl halides is 2. The lowest BCUT2D eigenvalue weighted by Gasteiger charge is -2.42. The van der Waals surface area contributed by atoms with Gasteiger partial charge in [0.2, 0.25) is 0 Å². The summed E-state index contributed by atoms with van der Waals surface area (Å²) in [4.78, 5) is 24.5. The Balaban J connectivity index is 1.31. The zero-order valence-electron chi connectivity index (χ0n) is 25.4. The van der Waals surface area contributed by atoms with E-state index < -0.39 is 51.5 Å². The van der Waals surface area contributed by atoms with Crippen molar-refractivity contribution < 1.29 is 27.6 Å². The lowest BCUT2D eigenvalue weighted by atomic mass is 9.48. The van der Waals surface area contributed by atoms with Crippen molar-refractivity contribution in [2.45, 2.75) is 61.4 Å². The molecule has 2 bridgehead atoms. The third-order valence-electron chi connectivity index (χ3n) is 8.69. The number of ether oxygens (including phenoxy) is 2. The first-order valence-electron chi connectivity index (χ1n) is 14.7. The molecule has 1 amide bonds. The summed E-state index contributed by atoms with van der Waals surface area (Å²) in [6.45, 7) is 3.30. The molecule has 7 rings (SSSR count). The Kier molecular flexibility index (Phi) is 7.35. The number of carbonyl (C=O) groups is 1. The summed E-state index contributed by atoms with van der Waals surface area (Å²) < 4.78 is 55.0. The third-order valence-corrected chi connectivity index (χ3v) is 10.4. The number of hydrogen-bond acceptors (Lipinski definition) is 7. The molecule has 5 heterocycles. The van der Waals surface area contributed by atoms with Crippen LogP contribution in [0.2, 0.25) is 0 Å². The SMILES string of the molecule is [B]C([B])([B])N1C(=O)c2cccc(OC(F)F)c2[C@H]2C[C@@H]1c1nc3ccc(-c4ccc(C5(N[S+]([O-])C(C)(C)C)COC5)nc4)cc3n12. The Bertz CT molecular complexity index is 1840. The van der Waals surface area contributed by atoms with E-state index >= 15 is 0 Å². The Labute approximate surface area is 272 Å². The molecule has 1 unspecified atom stereocenters. The van der Waals surface area contributed by atoms with E-state index in [0.29, 0.717) is 30.1 Å². The number of benzene rings is 2. The Morgan fingerprint density at radius 1 is 1.11 bits per heavy atom. The summed E-state index contributed by atoms with van der Waals surface area (Å²) >= 11 is -1.32. The van der Waals surface area contributed by atoms with E-state index in [4.69, 9.17) is 43.0 Å². The minimum absolute atomic E-state index is 0.120. The van der Waals surface area contributed by atoms with Gasteiger partial charge in [0.05, 0.1) is 65.6 Å². The molecule has 6 radical (unpaired) electrons. The second-order valence-electron chi connectivity index (χ2n) is 13.0. The average molecular weight is 637 g/mol. The van der Waals surface area contributed by atoms with Gasteiger partial charge in [-0.15, -0.1) is 4.72 Å².